The first kappa shape index (κ1) is 12.9. The third-order valence-electron chi connectivity index (χ3n) is 2.08. The van der Waals surface area contributed by atoms with Crippen LogP contribution in [0.3, 0.4) is 0 Å². The van der Waals surface area contributed by atoms with Gasteiger partial charge in [-0.15, -0.1) is 0 Å². The lowest BCUT2D eigenvalue weighted by atomic mass is 10.1. The highest BCUT2D eigenvalue weighted by molar-refractivity contribution is 5.36. The van der Waals surface area contributed by atoms with Crippen molar-refractivity contribution in [2.75, 3.05) is 13.7 Å². The molecule has 0 radical (unpaired) electrons. The van der Waals surface area contributed by atoms with Gasteiger partial charge in [0.15, 0.2) is 0 Å². The van der Waals surface area contributed by atoms with E-state index in [0.29, 0.717) is 12.3 Å². The van der Waals surface area contributed by atoms with Gasteiger partial charge < -0.3 is 15.2 Å². The van der Waals surface area contributed by atoms with Crippen LogP contribution in [0.4, 0.5) is 8.78 Å². The van der Waals surface area contributed by atoms with E-state index in [1.807, 2.05) is 6.07 Å². The molecule has 1 aromatic carbocycles. The second-order valence-electron chi connectivity index (χ2n) is 3.26. The lowest BCUT2D eigenvalue weighted by Gasteiger charge is -2.10. The summed E-state index contributed by atoms with van der Waals surface area (Å²) in [6, 6.07) is 5.38. The SMILES string of the molecule is COc1ccc(CN)cc1COCC(F)F. The number of halogens is 2. The Morgan fingerprint density at radius 2 is 2.12 bits per heavy atom. The van der Waals surface area contributed by atoms with E-state index in [-0.39, 0.29) is 6.61 Å². The van der Waals surface area contributed by atoms with Crippen molar-refractivity contribution in [2.24, 2.45) is 5.73 Å². The number of benzene rings is 1. The first-order chi connectivity index (χ1) is 7.67. The van der Waals surface area contributed by atoms with Gasteiger partial charge in [-0.25, -0.2) is 8.78 Å². The largest absolute Gasteiger partial charge is 0.496 e. The highest BCUT2D eigenvalue weighted by Gasteiger charge is 2.07. The van der Waals surface area contributed by atoms with Crippen LogP contribution in [0.5, 0.6) is 5.75 Å². The maximum atomic E-state index is 11.9. The van der Waals surface area contributed by atoms with Gasteiger partial charge in [-0.3, -0.25) is 0 Å². The summed E-state index contributed by atoms with van der Waals surface area (Å²) in [5.41, 5.74) is 7.13. The Balaban J connectivity index is 2.67. The fourth-order valence-electron chi connectivity index (χ4n) is 1.33. The van der Waals surface area contributed by atoms with Gasteiger partial charge in [0.1, 0.15) is 12.4 Å². The zero-order chi connectivity index (χ0) is 12.0. The Kier molecular flexibility index (Phi) is 5.14. The molecule has 2 N–H and O–H groups in total. The van der Waals surface area contributed by atoms with E-state index in [1.54, 1.807) is 12.1 Å². The molecule has 0 aliphatic heterocycles. The Bertz CT molecular complexity index is 332. The van der Waals surface area contributed by atoms with Crippen molar-refractivity contribution in [1.82, 2.24) is 0 Å². The minimum Gasteiger partial charge on any atom is -0.496 e. The molecule has 0 amide bonds. The summed E-state index contributed by atoms with van der Waals surface area (Å²) in [6.07, 6.45) is -2.45. The third-order valence-corrected chi connectivity index (χ3v) is 2.08. The molecule has 0 aliphatic carbocycles. The molecule has 5 heteroatoms. The lowest BCUT2D eigenvalue weighted by molar-refractivity contribution is 0.00931. The standard InChI is InChI=1S/C11H15F2NO2/c1-15-10-3-2-8(5-14)4-9(10)6-16-7-11(12)13/h2-4,11H,5-7,14H2,1H3. The summed E-state index contributed by atoms with van der Waals surface area (Å²) in [4.78, 5) is 0. The Morgan fingerprint density at radius 3 is 2.69 bits per heavy atom. The zero-order valence-electron chi connectivity index (χ0n) is 9.08. The predicted octanol–water partition coefficient (Wildman–Crippen LogP) is 1.94. The van der Waals surface area contributed by atoms with Gasteiger partial charge in [-0.2, -0.15) is 0 Å². The van der Waals surface area contributed by atoms with Crippen molar-refractivity contribution < 1.29 is 18.3 Å². The summed E-state index contributed by atoms with van der Waals surface area (Å²) < 4.78 is 33.7. The molecule has 16 heavy (non-hydrogen) atoms. The Labute approximate surface area is 93.2 Å². The predicted molar refractivity (Wildman–Crippen MR) is 56.5 cm³/mol. The van der Waals surface area contributed by atoms with E-state index in [9.17, 15) is 8.78 Å². The number of ether oxygens (including phenoxy) is 2. The molecule has 0 aliphatic rings. The van der Waals surface area contributed by atoms with Crippen LogP contribution in [-0.4, -0.2) is 20.1 Å². The molecule has 0 spiro atoms. The van der Waals surface area contributed by atoms with Crippen molar-refractivity contribution in [3.05, 3.63) is 29.3 Å². The molecule has 0 atom stereocenters. The van der Waals surface area contributed by atoms with Crippen molar-refractivity contribution >= 4 is 0 Å². The van der Waals surface area contributed by atoms with Gasteiger partial charge in [0, 0.05) is 12.1 Å². The smallest absolute Gasteiger partial charge is 0.261 e. The third kappa shape index (κ3) is 3.75. The Morgan fingerprint density at radius 1 is 1.38 bits per heavy atom. The van der Waals surface area contributed by atoms with Crippen molar-refractivity contribution in [3.8, 4) is 5.75 Å². The lowest BCUT2D eigenvalue weighted by Crippen LogP contribution is -2.06. The molecule has 1 aromatic rings. The fourth-order valence-corrected chi connectivity index (χ4v) is 1.33. The monoisotopic (exact) mass is 231 g/mol. The number of nitrogens with two attached hydrogens (primary N) is 1. The van der Waals surface area contributed by atoms with E-state index >= 15 is 0 Å². The maximum absolute atomic E-state index is 11.9. The second kappa shape index (κ2) is 6.40. The average molecular weight is 231 g/mol. The number of alkyl halides is 2. The zero-order valence-corrected chi connectivity index (χ0v) is 9.08. The number of hydrogen-bond donors (Lipinski definition) is 1. The van der Waals surface area contributed by atoms with Crippen LogP contribution in [-0.2, 0) is 17.9 Å². The van der Waals surface area contributed by atoms with E-state index in [1.165, 1.54) is 7.11 Å². The van der Waals surface area contributed by atoms with Crippen LogP contribution >= 0.6 is 0 Å². The van der Waals surface area contributed by atoms with Crippen LogP contribution in [0.25, 0.3) is 0 Å². The quantitative estimate of drug-likeness (QED) is 0.813. The molecule has 0 fully saturated rings. The molecule has 3 nitrogen and oxygen atoms in total. The summed E-state index contributed by atoms with van der Waals surface area (Å²) in [7, 11) is 1.52. The molecule has 0 heterocycles. The summed E-state index contributed by atoms with van der Waals surface area (Å²) in [6.45, 7) is -0.0802. The summed E-state index contributed by atoms with van der Waals surface area (Å²) in [5, 5.41) is 0. The average Bonchev–Trinajstić information content (AvgIpc) is 2.28. The highest BCUT2D eigenvalue weighted by atomic mass is 19.3. The van der Waals surface area contributed by atoms with E-state index in [0.717, 1.165) is 11.1 Å². The fraction of sp³-hybridized carbons (Fsp3) is 0.455. The van der Waals surface area contributed by atoms with Crippen molar-refractivity contribution in [2.45, 2.75) is 19.6 Å². The minimum absolute atomic E-state index is 0.0986. The van der Waals surface area contributed by atoms with E-state index < -0.39 is 13.0 Å². The molecule has 0 saturated carbocycles. The van der Waals surface area contributed by atoms with Crippen LogP contribution in [0, 0.1) is 0 Å². The van der Waals surface area contributed by atoms with Crippen LogP contribution in [0.15, 0.2) is 18.2 Å². The van der Waals surface area contributed by atoms with Crippen molar-refractivity contribution in [1.29, 1.82) is 0 Å². The molecule has 0 unspecified atom stereocenters. The second-order valence-corrected chi connectivity index (χ2v) is 3.26. The van der Waals surface area contributed by atoms with Gasteiger partial charge in [0.25, 0.3) is 6.43 Å². The van der Waals surface area contributed by atoms with Gasteiger partial charge >= 0.3 is 0 Å². The van der Waals surface area contributed by atoms with Crippen LogP contribution in [0.1, 0.15) is 11.1 Å². The topological polar surface area (TPSA) is 44.5 Å². The number of methoxy groups -OCH3 is 1. The summed E-state index contributed by atoms with van der Waals surface area (Å²) >= 11 is 0. The molecular weight excluding hydrogens is 216 g/mol. The molecule has 0 bridgehead atoms. The molecule has 0 saturated heterocycles. The number of hydrogen-bond acceptors (Lipinski definition) is 3. The van der Waals surface area contributed by atoms with Gasteiger partial charge in [0.05, 0.1) is 13.7 Å². The Hall–Kier alpha value is -1.20. The molecule has 1 rings (SSSR count). The van der Waals surface area contributed by atoms with Gasteiger partial charge in [-0.1, -0.05) is 6.07 Å². The maximum Gasteiger partial charge on any atom is 0.261 e. The first-order valence-corrected chi connectivity index (χ1v) is 4.89. The van der Waals surface area contributed by atoms with Crippen LogP contribution in [0.2, 0.25) is 0 Å². The van der Waals surface area contributed by atoms with Crippen molar-refractivity contribution in [3.63, 3.8) is 0 Å². The molecule has 90 valence electrons. The normalized spacial score (nSPS) is 10.8. The first-order valence-electron chi connectivity index (χ1n) is 4.89. The van der Waals surface area contributed by atoms with Gasteiger partial charge in [0.2, 0.25) is 0 Å². The van der Waals surface area contributed by atoms with E-state index in [4.69, 9.17) is 15.2 Å². The van der Waals surface area contributed by atoms with E-state index in [2.05, 4.69) is 0 Å². The highest BCUT2D eigenvalue weighted by Crippen LogP contribution is 2.20. The number of rotatable bonds is 6. The van der Waals surface area contributed by atoms with Gasteiger partial charge in [-0.05, 0) is 17.7 Å². The minimum atomic E-state index is -2.45. The molecular formula is C11H15F2NO2. The molecule has 0 aromatic heterocycles. The summed E-state index contributed by atoms with van der Waals surface area (Å²) in [5.74, 6) is 0.617. The van der Waals surface area contributed by atoms with Crippen LogP contribution < -0.4 is 10.5 Å².